The molecule has 1 aliphatic rings. The van der Waals surface area contributed by atoms with Gasteiger partial charge in [0.1, 0.15) is 0 Å². The third kappa shape index (κ3) is 3.50. The Bertz CT molecular complexity index is 526. The minimum absolute atomic E-state index is 0.0433. The van der Waals surface area contributed by atoms with Gasteiger partial charge in [-0.2, -0.15) is 0 Å². The number of nitrogens with two attached hydrogens (primary N) is 1. The highest BCUT2D eigenvalue weighted by Crippen LogP contribution is 2.24. The molecule has 2 rings (SSSR count). The zero-order valence-corrected chi connectivity index (χ0v) is 11.9. The highest BCUT2D eigenvalue weighted by atomic mass is 16.2. The summed E-state index contributed by atoms with van der Waals surface area (Å²) < 4.78 is 0. The van der Waals surface area contributed by atoms with Gasteiger partial charge in [0.25, 0.3) is 0 Å². The number of nitrogens with one attached hydrogen (secondary N) is 2. The Morgan fingerprint density at radius 3 is 2.80 bits per heavy atom. The molecular formula is C15H21N3O2. The summed E-state index contributed by atoms with van der Waals surface area (Å²) in [4.78, 5) is 23.3. The molecule has 0 aliphatic carbocycles. The van der Waals surface area contributed by atoms with E-state index in [0.29, 0.717) is 13.0 Å². The second-order valence-electron chi connectivity index (χ2n) is 5.96. The van der Waals surface area contributed by atoms with Crippen molar-refractivity contribution >= 4 is 17.5 Å². The number of para-hydroxylation sites is 1. The molecule has 1 aliphatic heterocycles. The maximum absolute atomic E-state index is 12.3. The largest absolute Gasteiger partial charge is 0.384 e. The van der Waals surface area contributed by atoms with Gasteiger partial charge >= 0.3 is 0 Å². The summed E-state index contributed by atoms with van der Waals surface area (Å²) in [6, 6.07) is 7.98. The number of benzene rings is 1. The standard InChI is InChI=1S/C15H21N3O2/c1-15(2,8-13(16)19)18-14(20)11-7-10-5-3-4-6-12(10)17-9-11/h3-6,11,17H,7-9H2,1-2H3,(H2,16,19)(H,18,20). The predicted octanol–water partition coefficient (Wildman–Crippen LogP) is 1.04. The number of amides is 2. The van der Waals surface area contributed by atoms with Crippen molar-refractivity contribution in [3.8, 4) is 0 Å². The van der Waals surface area contributed by atoms with Crippen LogP contribution in [0.25, 0.3) is 0 Å². The van der Waals surface area contributed by atoms with Crippen molar-refractivity contribution in [2.24, 2.45) is 11.7 Å². The summed E-state index contributed by atoms with van der Waals surface area (Å²) in [7, 11) is 0. The molecule has 0 saturated heterocycles. The van der Waals surface area contributed by atoms with Gasteiger partial charge in [0.05, 0.1) is 5.92 Å². The lowest BCUT2D eigenvalue weighted by Crippen LogP contribution is -2.50. The van der Waals surface area contributed by atoms with E-state index in [-0.39, 0.29) is 18.2 Å². The molecule has 1 heterocycles. The van der Waals surface area contributed by atoms with Crippen molar-refractivity contribution in [2.75, 3.05) is 11.9 Å². The summed E-state index contributed by atoms with van der Waals surface area (Å²) in [5, 5.41) is 6.18. The van der Waals surface area contributed by atoms with E-state index in [4.69, 9.17) is 5.73 Å². The number of hydrogen-bond acceptors (Lipinski definition) is 3. The molecule has 1 atom stereocenters. The first kappa shape index (κ1) is 14.4. The van der Waals surface area contributed by atoms with Gasteiger partial charge < -0.3 is 16.4 Å². The van der Waals surface area contributed by atoms with Crippen LogP contribution in [0.2, 0.25) is 0 Å². The smallest absolute Gasteiger partial charge is 0.225 e. The van der Waals surface area contributed by atoms with Crippen LogP contribution in [0.3, 0.4) is 0 Å². The van der Waals surface area contributed by atoms with Crippen molar-refractivity contribution in [1.29, 1.82) is 0 Å². The van der Waals surface area contributed by atoms with Gasteiger partial charge in [-0.15, -0.1) is 0 Å². The molecule has 1 unspecified atom stereocenters. The summed E-state index contributed by atoms with van der Waals surface area (Å²) in [5.74, 6) is -0.585. The first-order chi connectivity index (χ1) is 9.37. The van der Waals surface area contributed by atoms with Crippen LogP contribution in [-0.4, -0.2) is 23.9 Å². The van der Waals surface area contributed by atoms with Gasteiger partial charge in [0, 0.05) is 24.2 Å². The second kappa shape index (κ2) is 5.53. The molecule has 0 radical (unpaired) electrons. The van der Waals surface area contributed by atoms with E-state index in [9.17, 15) is 9.59 Å². The molecule has 5 heteroatoms. The molecule has 0 bridgehead atoms. The SMILES string of the molecule is CC(C)(CC(N)=O)NC(=O)C1CNc2ccccc2C1. The average molecular weight is 275 g/mol. The molecule has 108 valence electrons. The fraction of sp³-hybridized carbons (Fsp3) is 0.467. The number of rotatable bonds is 4. The average Bonchev–Trinajstić information content (AvgIpc) is 2.36. The minimum Gasteiger partial charge on any atom is -0.384 e. The predicted molar refractivity (Wildman–Crippen MR) is 78.2 cm³/mol. The minimum atomic E-state index is -0.611. The normalized spacial score (nSPS) is 17.8. The van der Waals surface area contributed by atoms with Crippen molar-refractivity contribution in [1.82, 2.24) is 5.32 Å². The van der Waals surface area contributed by atoms with E-state index in [0.717, 1.165) is 11.3 Å². The lowest BCUT2D eigenvalue weighted by Gasteiger charge is -2.30. The topological polar surface area (TPSA) is 84.2 Å². The molecule has 5 nitrogen and oxygen atoms in total. The van der Waals surface area contributed by atoms with Crippen LogP contribution in [-0.2, 0) is 16.0 Å². The Kier molecular flexibility index (Phi) is 3.97. The number of fused-ring (bicyclic) bond motifs is 1. The second-order valence-corrected chi connectivity index (χ2v) is 5.96. The van der Waals surface area contributed by atoms with Gasteiger partial charge in [-0.25, -0.2) is 0 Å². The number of hydrogen-bond donors (Lipinski definition) is 3. The Morgan fingerprint density at radius 2 is 2.10 bits per heavy atom. The van der Waals surface area contributed by atoms with Gasteiger partial charge in [0.2, 0.25) is 11.8 Å². The van der Waals surface area contributed by atoms with Crippen molar-refractivity contribution in [3.05, 3.63) is 29.8 Å². The molecule has 1 aromatic rings. The van der Waals surface area contributed by atoms with Crippen molar-refractivity contribution in [2.45, 2.75) is 32.2 Å². The third-order valence-corrected chi connectivity index (χ3v) is 3.47. The van der Waals surface area contributed by atoms with E-state index in [1.54, 1.807) is 13.8 Å². The van der Waals surface area contributed by atoms with E-state index >= 15 is 0 Å². The fourth-order valence-corrected chi connectivity index (χ4v) is 2.54. The maximum Gasteiger partial charge on any atom is 0.225 e. The summed E-state index contributed by atoms with van der Waals surface area (Å²) in [6.45, 7) is 4.22. The van der Waals surface area contributed by atoms with Crippen molar-refractivity contribution in [3.63, 3.8) is 0 Å². The number of primary amides is 1. The van der Waals surface area contributed by atoms with E-state index in [1.807, 2.05) is 24.3 Å². The summed E-state index contributed by atoms with van der Waals surface area (Å²) in [6.07, 6.45) is 0.844. The number of carbonyl (C=O) groups is 2. The quantitative estimate of drug-likeness (QED) is 0.767. The molecular weight excluding hydrogens is 254 g/mol. The van der Waals surface area contributed by atoms with Crippen LogP contribution >= 0.6 is 0 Å². The monoisotopic (exact) mass is 275 g/mol. The van der Waals surface area contributed by atoms with Gasteiger partial charge in [-0.3, -0.25) is 9.59 Å². The van der Waals surface area contributed by atoms with Crippen LogP contribution in [0.1, 0.15) is 25.8 Å². The van der Waals surface area contributed by atoms with Gasteiger partial charge in [-0.1, -0.05) is 18.2 Å². The molecule has 0 spiro atoms. The maximum atomic E-state index is 12.3. The molecule has 2 amide bonds. The fourth-order valence-electron chi connectivity index (χ4n) is 2.54. The molecule has 0 fully saturated rings. The first-order valence-electron chi connectivity index (χ1n) is 6.79. The highest BCUT2D eigenvalue weighted by molar-refractivity contribution is 5.83. The lowest BCUT2D eigenvalue weighted by atomic mass is 9.91. The third-order valence-electron chi connectivity index (χ3n) is 3.47. The Labute approximate surface area is 118 Å². The van der Waals surface area contributed by atoms with Gasteiger partial charge in [-0.05, 0) is 31.9 Å². The Balaban J connectivity index is 2.00. The highest BCUT2D eigenvalue weighted by Gasteiger charge is 2.29. The van der Waals surface area contributed by atoms with E-state index in [2.05, 4.69) is 10.6 Å². The molecule has 20 heavy (non-hydrogen) atoms. The van der Waals surface area contributed by atoms with Crippen molar-refractivity contribution < 1.29 is 9.59 Å². The van der Waals surface area contributed by atoms with Gasteiger partial charge in [0.15, 0.2) is 0 Å². The summed E-state index contributed by atoms with van der Waals surface area (Å²) >= 11 is 0. The van der Waals surface area contributed by atoms with Crippen LogP contribution in [0.4, 0.5) is 5.69 Å². The zero-order valence-electron chi connectivity index (χ0n) is 11.9. The first-order valence-corrected chi connectivity index (χ1v) is 6.79. The molecule has 1 aromatic carbocycles. The lowest BCUT2D eigenvalue weighted by molar-refractivity contribution is -0.127. The van der Waals surface area contributed by atoms with Crippen LogP contribution in [0.15, 0.2) is 24.3 Å². The van der Waals surface area contributed by atoms with E-state index < -0.39 is 11.4 Å². The van der Waals surface area contributed by atoms with Crippen LogP contribution in [0, 0.1) is 5.92 Å². The van der Waals surface area contributed by atoms with Crippen LogP contribution in [0.5, 0.6) is 0 Å². The van der Waals surface area contributed by atoms with E-state index in [1.165, 1.54) is 0 Å². The summed E-state index contributed by atoms with van der Waals surface area (Å²) in [5.41, 5.74) is 6.82. The number of carbonyl (C=O) groups excluding carboxylic acids is 2. The molecule has 0 saturated carbocycles. The number of anilines is 1. The zero-order chi connectivity index (χ0) is 14.8. The molecule has 4 N–H and O–H groups in total. The Morgan fingerprint density at radius 1 is 1.40 bits per heavy atom. The molecule has 0 aromatic heterocycles. The van der Waals surface area contributed by atoms with Crippen LogP contribution < -0.4 is 16.4 Å². The Hall–Kier alpha value is -2.04.